The first-order valence-electron chi connectivity index (χ1n) is 3.06. The molecule has 0 amide bonds. The third-order valence-corrected chi connectivity index (χ3v) is 1.53. The van der Waals surface area contributed by atoms with Gasteiger partial charge in [-0.3, -0.25) is 5.32 Å². The largest absolute Gasteiger partial charge is 0.379 e. The van der Waals surface area contributed by atoms with E-state index in [4.69, 9.17) is 5.11 Å². The van der Waals surface area contributed by atoms with Gasteiger partial charge in [-0.2, -0.15) is 0 Å². The summed E-state index contributed by atoms with van der Waals surface area (Å²) in [5.41, 5.74) is 0. The van der Waals surface area contributed by atoms with Gasteiger partial charge in [0.2, 0.25) is 0 Å². The standard InChI is InChI=1S/C6H12NO/c1-5(8)7-6-3-2-4-6/h5-8H,1-4H2. The Morgan fingerprint density at radius 3 is 2.38 bits per heavy atom. The molecule has 1 radical (unpaired) electrons. The monoisotopic (exact) mass is 114 g/mol. The molecule has 1 rings (SSSR count). The Kier molecular flexibility index (Phi) is 1.86. The molecule has 1 unspecified atom stereocenters. The van der Waals surface area contributed by atoms with Crippen molar-refractivity contribution in [3.05, 3.63) is 6.92 Å². The Morgan fingerprint density at radius 1 is 1.62 bits per heavy atom. The Morgan fingerprint density at radius 2 is 2.25 bits per heavy atom. The predicted octanol–water partition coefficient (Wildman–Crippen LogP) is 0.281. The van der Waals surface area contributed by atoms with E-state index in [-0.39, 0.29) is 0 Å². The summed E-state index contributed by atoms with van der Waals surface area (Å²) < 4.78 is 0. The van der Waals surface area contributed by atoms with Crippen LogP contribution in [0.25, 0.3) is 0 Å². The third kappa shape index (κ3) is 1.46. The molecule has 2 N–H and O–H groups in total. The van der Waals surface area contributed by atoms with Gasteiger partial charge in [0.25, 0.3) is 0 Å². The zero-order chi connectivity index (χ0) is 5.98. The second-order valence-electron chi connectivity index (χ2n) is 2.31. The Balaban J connectivity index is 2.01. The summed E-state index contributed by atoms with van der Waals surface area (Å²) in [6.07, 6.45) is 3.13. The molecule has 0 heterocycles. The minimum atomic E-state index is -0.569. The maximum atomic E-state index is 8.67. The highest BCUT2D eigenvalue weighted by Crippen LogP contribution is 2.17. The van der Waals surface area contributed by atoms with Crippen LogP contribution in [-0.2, 0) is 0 Å². The number of hydrogen-bond donors (Lipinski definition) is 2. The molecule has 1 aliphatic rings. The molecule has 1 saturated carbocycles. The van der Waals surface area contributed by atoms with E-state index in [0.717, 1.165) is 0 Å². The van der Waals surface area contributed by atoms with Gasteiger partial charge in [-0.15, -0.1) is 0 Å². The lowest BCUT2D eigenvalue weighted by atomic mass is 9.93. The van der Waals surface area contributed by atoms with E-state index in [1.807, 2.05) is 0 Å². The Labute approximate surface area is 49.9 Å². The molecule has 0 saturated heterocycles. The van der Waals surface area contributed by atoms with Crippen molar-refractivity contribution in [1.82, 2.24) is 5.32 Å². The third-order valence-electron chi connectivity index (χ3n) is 1.53. The van der Waals surface area contributed by atoms with Crippen LogP contribution in [0, 0.1) is 6.92 Å². The van der Waals surface area contributed by atoms with Crippen molar-refractivity contribution >= 4 is 0 Å². The van der Waals surface area contributed by atoms with Crippen LogP contribution in [0.5, 0.6) is 0 Å². The average Bonchev–Trinajstić information content (AvgIpc) is 1.55. The van der Waals surface area contributed by atoms with Gasteiger partial charge in [-0.1, -0.05) is 6.42 Å². The zero-order valence-electron chi connectivity index (χ0n) is 4.93. The highest BCUT2D eigenvalue weighted by molar-refractivity contribution is 4.77. The number of aliphatic hydroxyl groups excluding tert-OH is 1. The lowest BCUT2D eigenvalue weighted by molar-refractivity contribution is 0.142. The maximum Gasteiger partial charge on any atom is 0.105 e. The molecule has 1 fully saturated rings. The SMILES string of the molecule is [CH2]C(O)NC1CCC1. The van der Waals surface area contributed by atoms with Gasteiger partial charge in [-0.05, 0) is 19.8 Å². The van der Waals surface area contributed by atoms with Crippen LogP contribution in [0.15, 0.2) is 0 Å². The summed E-state index contributed by atoms with van der Waals surface area (Å²) in [5, 5.41) is 11.6. The first-order chi connectivity index (χ1) is 3.79. The number of rotatable bonds is 2. The summed E-state index contributed by atoms with van der Waals surface area (Å²) in [7, 11) is 0. The summed E-state index contributed by atoms with van der Waals surface area (Å²) in [6, 6.07) is 0.544. The van der Waals surface area contributed by atoms with Crippen molar-refractivity contribution < 1.29 is 5.11 Å². The second kappa shape index (κ2) is 2.46. The predicted molar refractivity (Wildman–Crippen MR) is 32.1 cm³/mol. The summed E-state index contributed by atoms with van der Waals surface area (Å²) >= 11 is 0. The van der Waals surface area contributed by atoms with Crippen molar-refractivity contribution in [2.24, 2.45) is 0 Å². The van der Waals surface area contributed by atoms with Gasteiger partial charge in [0.15, 0.2) is 0 Å². The van der Waals surface area contributed by atoms with Crippen LogP contribution >= 0.6 is 0 Å². The highest BCUT2D eigenvalue weighted by Gasteiger charge is 2.17. The molecular weight excluding hydrogens is 102 g/mol. The lowest BCUT2D eigenvalue weighted by Crippen LogP contribution is -2.40. The quantitative estimate of drug-likeness (QED) is 0.505. The van der Waals surface area contributed by atoms with Crippen LogP contribution in [0.3, 0.4) is 0 Å². The summed E-state index contributed by atoms with van der Waals surface area (Å²) in [5.74, 6) is 0. The molecule has 0 aliphatic heterocycles. The number of nitrogens with one attached hydrogen (secondary N) is 1. The molecule has 1 aliphatic carbocycles. The topological polar surface area (TPSA) is 32.3 Å². The van der Waals surface area contributed by atoms with Crippen LogP contribution in [0.2, 0.25) is 0 Å². The summed E-state index contributed by atoms with van der Waals surface area (Å²) in [4.78, 5) is 0. The fourth-order valence-electron chi connectivity index (χ4n) is 0.847. The van der Waals surface area contributed by atoms with E-state index in [1.165, 1.54) is 19.3 Å². The first kappa shape index (κ1) is 6.05. The second-order valence-corrected chi connectivity index (χ2v) is 2.31. The van der Waals surface area contributed by atoms with E-state index >= 15 is 0 Å². The molecule has 0 aromatic heterocycles. The van der Waals surface area contributed by atoms with Gasteiger partial charge < -0.3 is 5.11 Å². The fourth-order valence-corrected chi connectivity index (χ4v) is 0.847. The summed E-state index contributed by atoms with van der Waals surface area (Å²) in [6.45, 7) is 3.40. The maximum absolute atomic E-state index is 8.67. The molecule has 1 atom stereocenters. The smallest absolute Gasteiger partial charge is 0.105 e. The van der Waals surface area contributed by atoms with E-state index < -0.39 is 6.23 Å². The molecule has 0 spiro atoms. The van der Waals surface area contributed by atoms with Crippen molar-refractivity contribution in [3.63, 3.8) is 0 Å². The van der Waals surface area contributed by atoms with Gasteiger partial charge in [0.1, 0.15) is 6.23 Å². The molecular formula is C6H12NO. The number of hydrogen-bond acceptors (Lipinski definition) is 2. The Hall–Kier alpha value is -0.0800. The zero-order valence-corrected chi connectivity index (χ0v) is 4.93. The van der Waals surface area contributed by atoms with Crippen LogP contribution in [0.1, 0.15) is 19.3 Å². The highest BCUT2D eigenvalue weighted by atomic mass is 16.3. The van der Waals surface area contributed by atoms with Crippen LogP contribution in [-0.4, -0.2) is 17.4 Å². The molecule has 0 bridgehead atoms. The van der Waals surface area contributed by atoms with E-state index in [0.29, 0.717) is 6.04 Å². The van der Waals surface area contributed by atoms with Crippen molar-refractivity contribution in [1.29, 1.82) is 0 Å². The van der Waals surface area contributed by atoms with E-state index in [2.05, 4.69) is 12.2 Å². The molecule has 0 aromatic carbocycles. The van der Waals surface area contributed by atoms with Crippen molar-refractivity contribution in [2.45, 2.75) is 31.5 Å². The minimum Gasteiger partial charge on any atom is -0.379 e. The van der Waals surface area contributed by atoms with Gasteiger partial charge >= 0.3 is 0 Å². The van der Waals surface area contributed by atoms with E-state index in [9.17, 15) is 0 Å². The Bertz CT molecular complexity index is 68.9. The van der Waals surface area contributed by atoms with Crippen molar-refractivity contribution in [2.75, 3.05) is 0 Å². The lowest BCUT2D eigenvalue weighted by Gasteiger charge is -2.27. The van der Waals surface area contributed by atoms with Crippen LogP contribution < -0.4 is 5.32 Å². The van der Waals surface area contributed by atoms with Gasteiger partial charge in [0, 0.05) is 6.04 Å². The van der Waals surface area contributed by atoms with Crippen molar-refractivity contribution in [3.8, 4) is 0 Å². The molecule has 47 valence electrons. The van der Waals surface area contributed by atoms with Gasteiger partial charge in [0.05, 0.1) is 0 Å². The average molecular weight is 114 g/mol. The van der Waals surface area contributed by atoms with Crippen LogP contribution in [0.4, 0.5) is 0 Å². The molecule has 8 heavy (non-hydrogen) atoms. The molecule has 0 aromatic rings. The first-order valence-corrected chi connectivity index (χ1v) is 3.06. The van der Waals surface area contributed by atoms with Gasteiger partial charge in [-0.25, -0.2) is 0 Å². The van der Waals surface area contributed by atoms with E-state index in [1.54, 1.807) is 0 Å². The minimum absolute atomic E-state index is 0.544. The fraction of sp³-hybridized carbons (Fsp3) is 0.833. The molecule has 2 heteroatoms. The molecule has 2 nitrogen and oxygen atoms in total. The number of aliphatic hydroxyl groups is 1. The normalized spacial score (nSPS) is 24.8.